The van der Waals surface area contributed by atoms with Gasteiger partial charge in [-0.2, -0.15) is 0 Å². The van der Waals surface area contributed by atoms with Crippen LogP contribution in [0, 0.1) is 5.92 Å². The van der Waals surface area contributed by atoms with Crippen molar-refractivity contribution in [2.24, 2.45) is 5.92 Å². The average molecular weight is 439 g/mol. The predicted molar refractivity (Wildman–Crippen MR) is 115 cm³/mol. The van der Waals surface area contributed by atoms with E-state index < -0.39 is 5.97 Å². The van der Waals surface area contributed by atoms with Crippen molar-refractivity contribution in [3.05, 3.63) is 63.8 Å². The Kier molecular flexibility index (Phi) is 8.68. The lowest BCUT2D eigenvalue weighted by Crippen LogP contribution is -2.06. The lowest BCUT2D eigenvalue weighted by molar-refractivity contribution is -0.130. The molecule has 2 aromatic rings. The quantitative estimate of drug-likeness (QED) is 0.360. The normalized spacial score (nSPS) is 11.4. The largest absolute Gasteiger partial charge is 0.503 e. The van der Waals surface area contributed by atoms with Gasteiger partial charge in [-0.05, 0) is 23.5 Å². The summed E-state index contributed by atoms with van der Waals surface area (Å²) >= 11 is 12.6. The van der Waals surface area contributed by atoms with E-state index in [2.05, 4.69) is 13.8 Å². The molecule has 2 aromatic carbocycles. The lowest BCUT2D eigenvalue weighted by atomic mass is 10.0. The minimum atomic E-state index is -1.09. The second-order valence-corrected chi connectivity index (χ2v) is 7.58. The van der Waals surface area contributed by atoms with Crippen molar-refractivity contribution in [2.75, 3.05) is 13.7 Å². The molecule has 0 aliphatic rings. The molecule has 0 aliphatic carbocycles. The van der Waals surface area contributed by atoms with Crippen LogP contribution in [0.1, 0.15) is 31.4 Å². The maximum Gasteiger partial charge on any atom is 0.339 e. The molecular weight excluding hydrogens is 415 g/mol. The van der Waals surface area contributed by atoms with Crippen LogP contribution < -0.4 is 9.47 Å². The molecule has 0 atom stereocenters. The number of carbonyl (C=O) groups is 1. The highest BCUT2D eigenvalue weighted by molar-refractivity contribution is 6.37. The third-order valence-corrected chi connectivity index (χ3v) is 4.64. The van der Waals surface area contributed by atoms with Gasteiger partial charge in [-0.25, -0.2) is 4.79 Å². The number of carboxylic acids is 1. The van der Waals surface area contributed by atoms with E-state index >= 15 is 0 Å². The van der Waals surface area contributed by atoms with Crippen LogP contribution in [0.15, 0.2) is 42.7 Å². The van der Waals surface area contributed by atoms with Gasteiger partial charge in [0.05, 0.1) is 30.0 Å². The van der Waals surface area contributed by atoms with E-state index in [1.807, 2.05) is 0 Å². The lowest BCUT2D eigenvalue weighted by Gasteiger charge is -2.15. The van der Waals surface area contributed by atoms with Crippen LogP contribution in [0.25, 0.3) is 5.57 Å². The fourth-order valence-electron chi connectivity index (χ4n) is 2.57. The van der Waals surface area contributed by atoms with Crippen LogP contribution in [0.3, 0.4) is 0 Å². The van der Waals surface area contributed by atoms with E-state index in [-0.39, 0.29) is 12.2 Å². The van der Waals surface area contributed by atoms with Crippen LogP contribution >= 0.6 is 23.2 Å². The summed E-state index contributed by atoms with van der Waals surface area (Å²) in [6, 6.07) is 10.3. The number of aliphatic carboxylic acids is 1. The van der Waals surface area contributed by atoms with Crippen molar-refractivity contribution >= 4 is 34.7 Å². The highest BCUT2D eigenvalue weighted by Crippen LogP contribution is 2.37. The van der Waals surface area contributed by atoms with E-state index in [0.717, 1.165) is 6.42 Å². The highest BCUT2D eigenvalue weighted by Gasteiger charge is 2.16. The van der Waals surface area contributed by atoms with Crippen molar-refractivity contribution in [1.29, 1.82) is 0 Å². The van der Waals surface area contributed by atoms with Crippen molar-refractivity contribution in [1.82, 2.24) is 0 Å². The number of hydrogen-bond donors (Lipinski definition) is 1. The minimum Gasteiger partial charge on any atom is -0.503 e. The molecule has 0 unspecified atom stereocenters. The molecule has 0 amide bonds. The first-order valence-electron chi connectivity index (χ1n) is 9.12. The molecule has 0 saturated heterocycles. The summed E-state index contributed by atoms with van der Waals surface area (Å²) in [7, 11) is 1.40. The second-order valence-electron chi connectivity index (χ2n) is 6.77. The van der Waals surface area contributed by atoms with Gasteiger partial charge in [0.1, 0.15) is 17.9 Å². The van der Waals surface area contributed by atoms with Crippen LogP contribution in [0.2, 0.25) is 10.0 Å². The highest BCUT2D eigenvalue weighted by atomic mass is 35.5. The molecule has 0 fully saturated rings. The van der Waals surface area contributed by atoms with E-state index in [1.54, 1.807) is 36.4 Å². The first-order chi connectivity index (χ1) is 13.8. The summed E-state index contributed by atoms with van der Waals surface area (Å²) in [6.07, 6.45) is 2.08. The Bertz CT molecular complexity index is 854. The Morgan fingerprint density at radius 2 is 1.79 bits per heavy atom. The van der Waals surface area contributed by atoms with E-state index in [4.69, 9.17) is 37.4 Å². The summed E-state index contributed by atoms with van der Waals surface area (Å²) in [6.45, 7) is 4.87. The number of carboxylic acid groups (broad SMARTS) is 1. The Morgan fingerprint density at radius 1 is 1.14 bits per heavy atom. The third kappa shape index (κ3) is 6.58. The molecule has 0 aromatic heterocycles. The zero-order chi connectivity index (χ0) is 21.4. The van der Waals surface area contributed by atoms with Crippen molar-refractivity contribution in [2.45, 2.75) is 26.9 Å². The first-order valence-corrected chi connectivity index (χ1v) is 9.88. The zero-order valence-corrected chi connectivity index (χ0v) is 18.1. The molecular formula is C22H24Cl2O5. The number of rotatable bonds is 10. The zero-order valence-electron chi connectivity index (χ0n) is 16.6. The van der Waals surface area contributed by atoms with Gasteiger partial charge in [-0.1, -0.05) is 61.3 Å². The van der Waals surface area contributed by atoms with E-state index in [0.29, 0.717) is 45.2 Å². The molecule has 0 heterocycles. The summed E-state index contributed by atoms with van der Waals surface area (Å²) in [5.41, 5.74) is 1.23. The fraction of sp³-hybridized carbons (Fsp3) is 0.318. The summed E-state index contributed by atoms with van der Waals surface area (Å²) < 4.78 is 16.4. The molecule has 5 nitrogen and oxygen atoms in total. The van der Waals surface area contributed by atoms with Crippen molar-refractivity contribution in [3.63, 3.8) is 0 Å². The summed E-state index contributed by atoms with van der Waals surface area (Å²) in [5.74, 6) is 0.308. The number of methoxy groups -OCH3 is 1. The first kappa shape index (κ1) is 22.9. The Balaban J connectivity index is 2.17. The summed E-state index contributed by atoms with van der Waals surface area (Å²) in [4.78, 5) is 11.5. The van der Waals surface area contributed by atoms with Gasteiger partial charge in [-0.3, -0.25) is 0 Å². The van der Waals surface area contributed by atoms with E-state index in [1.165, 1.54) is 13.4 Å². The molecule has 0 aliphatic heterocycles. The molecule has 0 spiro atoms. The van der Waals surface area contributed by atoms with Gasteiger partial charge in [-0.15, -0.1) is 0 Å². The average Bonchev–Trinajstić information content (AvgIpc) is 2.66. The minimum absolute atomic E-state index is 0.0386. The molecule has 7 heteroatoms. The topological polar surface area (TPSA) is 65.0 Å². The molecule has 29 heavy (non-hydrogen) atoms. The van der Waals surface area contributed by atoms with Gasteiger partial charge >= 0.3 is 5.97 Å². The van der Waals surface area contributed by atoms with Gasteiger partial charge in [0.15, 0.2) is 5.75 Å². The second kappa shape index (κ2) is 11.0. The Morgan fingerprint density at radius 3 is 2.38 bits per heavy atom. The molecule has 1 N–H and O–H groups in total. The monoisotopic (exact) mass is 438 g/mol. The number of halogens is 2. The third-order valence-electron chi connectivity index (χ3n) is 4.08. The standard InChI is InChI=1S/C22H24Cl2O5/c1-14(2)8-9-28-21-19(23)10-16(11-20(21)24)29-12-15-6-4-5-7-17(15)18(13-27-3)22(25)26/h4-7,10-11,13-14H,8-9,12H2,1-3H3,(H,25,26)/b18-13+. The maximum absolute atomic E-state index is 11.5. The Labute approximate surface area is 180 Å². The van der Waals surface area contributed by atoms with Gasteiger partial charge < -0.3 is 19.3 Å². The smallest absolute Gasteiger partial charge is 0.339 e. The molecule has 0 saturated carbocycles. The fourth-order valence-corrected chi connectivity index (χ4v) is 3.15. The van der Waals surface area contributed by atoms with Crippen LogP contribution in [-0.4, -0.2) is 24.8 Å². The number of benzene rings is 2. The number of ether oxygens (including phenoxy) is 3. The maximum atomic E-state index is 11.5. The SMILES string of the molecule is CO/C=C(/C(=O)O)c1ccccc1COc1cc(Cl)c(OCCC(C)C)c(Cl)c1. The van der Waals surface area contributed by atoms with Gasteiger partial charge in [0, 0.05) is 12.1 Å². The van der Waals surface area contributed by atoms with Crippen LogP contribution in [0.4, 0.5) is 0 Å². The van der Waals surface area contributed by atoms with Crippen LogP contribution in [-0.2, 0) is 16.1 Å². The molecule has 0 bridgehead atoms. The summed E-state index contributed by atoms with van der Waals surface area (Å²) in [5, 5.41) is 10.2. The molecule has 0 radical (unpaired) electrons. The van der Waals surface area contributed by atoms with Gasteiger partial charge in [0.25, 0.3) is 0 Å². The molecule has 156 valence electrons. The number of hydrogen-bond acceptors (Lipinski definition) is 4. The Hall–Kier alpha value is -2.37. The molecule has 2 rings (SSSR count). The van der Waals surface area contributed by atoms with Crippen molar-refractivity contribution < 1.29 is 24.1 Å². The van der Waals surface area contributed by atoms with E-state index in [9.17, 15) is 9.90 Å². The van der Waals surface area contributed by atoms with Gasteiger partial charge in [0.2, 0.25) is 0 Å². The van der Waals surface area contributed by atoms with Crippen LogP contribution in [0.5, 0.6) is 11.5 Å². The van der Waals surface area contributed by atoms with Crippen molar-refractivity contribution in [3.8, 4) is 11.5 Å². The predicted octanol–water partition coefficient (Wildman–Crippen LogP) is 6.07.